The molecule has 0 N–H and O–H groups in total. The molecule has 0 aliphatic carbocycles. The summed E-state index contributed by atoms with van der Waals surface area (Å²) in [6.07, 6.45) is 6.30. The zero-order valence-electron chi connectivity index (χ0n) is 16.4. The van der Waals surface area contributed by atoms with E-state index in [-0.39, 0.29) is 0 Å². The number of anilines is 2. The van der Waals surface area contributed by atoms with E-state index in [1.54, 1.807) is 7.11 Å². The molecule has 1 saturated heterocycles. The molecule has 0 saturated carbocycles. The number of rotatable bonds is 7. The van der Waals surface area contributed by atoms with Gasteiger partial charge in [-0.15, -0.1) is 0 Å². The first-order valence-electron chi connectivity index (χ1n) is 9.93. The Hall–Kier alpha value is -3.01. The Kier molecular flexibility index (Phi) is 5.76. The van der Waals surface area contributed by atoms with Crippen LogP contribution in [-0.4, -0.2) is 25.2 Å². The van der Waals surface area contributed by atoms with Crippen LogP contribution in [0.5, 0.6) is 5.75 Å². The highest BCUT2D eigenvalue weighted by atomic mass is 16.5. The van der Waals surface area contributed by atoms with E-state index in [1.807, 2.05) is 24.5 Å². The minimum absolute atomic E-state index is 0.815. The van der Waals surface area contributed by atoms with Crippen molar-refractivity contribution < 1.29 is 4.74 Å². The molecule has 144 valence electrons. The first-order valence-corrected chi connectivity index (χ1v) is 9.93. The molecule has 1 aliphatic heterocycles. The maximum atomic E-state index is 5.40. The van der Waals surface area contributed by atoms with Crippen LogP contribution < -0.4 is 14.5 Å². The lowest BCUT2D eigenvalue weighted by atomic mass is 10.1. The minimum Gasteiger partial charge on any atom is -0.497 e. The summed E-state index contributed by atoms with van der Waals surface area (Å²) in [6.45, 7) is 4.00. The monoisotopic (exact) mass is 373 g/mol. The molecule has 4 nitrogen and oxygen atoms in total. The van der Waals surface area contributed by atoms with Gasteiger partial charge >= 0.3 is 0 Å². The van der Waals surface area contributed by atoms with Gasteiger partial charge in [0.05, 0.1) is 7.11 Å². The summed E-state index contributed by atoms with van der Waals surface area (Å²) in [5, 5.41) is 0. The van der Waals surface area contributed by atoms with Crippen molar-refractivity contribution in [3.63, 3.8) is 0 Å². The van der Waals surface area contributed by atoms with Gasteiger partial charge in [-0.3, -0.25) is 4.98 Å². The molecule has 0 radical (unpaired) electrons. The van der Waals surface area contributed by atoms with Gasteiger partial charge in [0.15, 0.2) is 0 Å². The summed E-state index contributed by atoms with van der Waals surface area (Å²) >= 11 is 0. The Morgan fingerprint density at radius 3 is 2.29 bits per heavy atom. The summed E-state index contributed by atoms with van der Waals surface area (Å²) in [7, 11) is 1.71. The topological polar surface area (TPSA) is 28.6 Å². The van der Waals surface area contributed by atoms with Crippen molar-refractivity contribution >= 4 is 11.4 Å². The molecule has 3 aromatic rings. The van der Waals surface area contributed by atoms with Crippen molar-refractivity contribution in [1.29, 1.82) is 0 Å². The van der Waals surface area contributed by atoms with E-state index in [1.165, 1.54) is 48.4 Å². The largest absolute Gasteiger partial charge is 0.497 e. The Morgan fingerprint density at radius 2 is 1.57 bits per heavy atom. The Bertz CT molecular complexity index is 891. The van der Waals surface area contributed by atoms with Crippen LogP contribution in [0.2, 0.25) is 0 Å². The number of hydrogen-bond donors (Lipinski definition) is 0. The number of nitrogens with zero attached hydrogens (tertiary/aromatic N) is 3. The lowest BCUT2D eigenvalue weighted by Gasteiger charge is -2.26. The fourth-order valence-electron chi connectivity index (χ4n) is 3.83. The third kappa shape index (κ3) is 4.45. The van der Waals surface area contributed by atoms with Gasteiger partial charge in [0.1, 0.15) is 5.75 Å². The molecule has 4 rings (SSSR count). The van der Waals surface area contributed by atoms with Crippen LogP contribution >= 0.6 is 0 Å². The molecule has 0 spiro atoms. The fraction of sp³-hybridized carbons (Fsp3) is 0.292. The van der Waals surface area contributed by atoms with Gasteiger partial charge in [0.2, 0.25) is 0 Å². The second kappa shape index (κ2) is 8.79. The quantitative estimate of drug-likeness (QED) is 0.589. The fourth-order valence-corrected chi connectivity index (χ4v) is 3.83. The van der Waals surface area contributed by atoms with E-state index in [0.717, 1.165) is 18.8 Å². The number of aromatic nitrogens is 1. The minimum atomic E-state index is 0.815. The van der Waals surface area contributed by atoms with Gasteiger partial charge in [-0.05, 0) is 60.4 Å². The van der Waals surface area contributed by atoms with Gasteiger partial charge < -0.3 is 14.5 Å². The smallest absolute Gasteiger partial charge is 0.119 e. The predicted molar refractivity (Wildman–Crippen MR) is 115 cm³/mol. The number of hydrogen-bond acceptors (Lipinski definition) is 4. The molecule has 2 heterocycles. The molecule has 1 fully saturated rings. The number of ether oxygens (including phenoxy) is 1. The van der Waals surface area contributed by atoms with E-state index in [4.69, 9.17) is 4.74 Å². The second-order valence-electron chi connectivity index (χ2n) is 7.28. The maximum Gasteiger partial charge on any atom is 0.119 e. The van der Waals surface area contributed by atoms with Gasteiger partial charge in [-0.25, -0.2) is 0 Å². The van der Waals surface area contributed by atoms with E-state index in [9.17, 15) is 0 Å². The normalized spacial score (nSPS) is 13.5. The van der Waals surface area contributed by atoms with Crippen LogP contribution in [0.3, 0.4) is 0 Å². The molecule has 2 aromatic carbocycles. The number of benzene rings is 2. The van der Waals surface area contributed by atoms with Crippen molar-refractivity contribution in [2.45, 2.75) is 25.9 Å². The Morgan fingerprint density at radius 1 is 0.893 bits per heavy atom. The van der Waals surface area contributed by atoms with Crippen molar-refractivity contribution in [2.75, 3.05) is 30.0 Å². The van der Waals surface area contributed by atoms with Crippen LogP contribution in [0.1, 0.15) is 24.0 Å². The van der Waals surface area contributed by atoms with Crippen molar-refractivity contribution in [3.05, 3.63) is 84.2 Å². The first-order chi connectivity index (χ1) is 13.8. The molecular formula is C24H27N3O. The second-order valence-corrected chi connectivity index (χ2v) is 7.28. The molecule has 1 aromatic heterocycles. The van der Waals surface area contributed by atoms with Crippen LogP contribution in [0.25, 0.3) is 0 Å². The maximum absolute atomic E-state index is 5.40. The molecule has 0 amide bonds. The van der Waals surface area contributed by atoms with E-state index >= 15 is 0 Å². The lowest BCUT2D eigenvalue weighted by molar-refractivity contribution is 0.414. The summed E-state index contributed by atoms with van der Waals surface area (Å²) in [5.74, 6) is 0.892. The number of methoxy groups -OCH3 is 1. The van der Waals surface area contributed by atoms with Crippen LogP contribution in [0, 0.1) is 0 Å². The molecule has 0 atom stereocenters. The number of pyridine rings is 1. The average Bonchev–Trinajstić information content (AvgIpc) is 3.29. The van der Waals surface area contributed by atoms with Crippen molar-refractivity contribution in [2.24, 2.45) is 0 Å². The van der Waals surface area contributed by atoms with Crippen molar-refractivity contribution in [3.8, 4) is 5.75 Å². The zero-order valence-corrected chi connectivity index (χ0v) is 16.4. The molecule has 0 bridgehead atoms. The van der Waals surface area contributed by atoms with Gasteiger partial charge in [0.25, 0.3) is 0 Å². The van der Waals surface area contributed by atoms with Crippen LogP contribution in [0.4, 0.5) is 11.4 Å². The molecule has 0 unspecified atom stereocenters. The van der Waals surface area contributed by atoms with Crippen LogP contribution in [-0.2, 0) is 13.1 Å². The highest BCUT2D eigenvalue weighted by Crippen LogP contribution is 2.25. The third-order valence-electron chi connectivity index (χ3n) is 5.29. The van der Waals surface area contributed by atoms with Crippen LogP contribution in [0.15, 0.2) is 73.1 Å². The summed E-state index contributed by atoms with van der Waals surface area (Å²) < 4.78 is 5.40. The summed E-state index contributed by atoms with van der Waals surface area (Å²) in [6, 6.07) is 21.4. The molecule has 28 heavy (non-hydrogen) atoms. The van der Waals surface area contributed by atoms with Gasteiger partial charge in [-0.1, -0.05) is 24.3 Å². The first kappa shape index (κ1) is 18.4. The SMILES string of the molecule is COc1cccc(CN(Cc2cccc(N3CCCC3)c2)c2ccncc2)c1. The standard InChI is InChI=1S/C24H27N3O/c1-28-24-9-5-7-21(17-24)19-27(22-10-12-25-13-11-22)18-20-6-4-8-23(16-20)26-14-2-3-15-26/h4-13,16-17H,2-3,14-15,18-19H2,1H3. The van der Waals surface area contributed by atoms with Crippen molar-refractivity contribution in [1.82, 2.24) is 4.98 Å². The third-order valence-corrected chi connectivity index (χ3v) is 5.29. The molecular weight excluding hydrogens is 346 g/mol. The molecule has 4 heteroatoms. The predicted octanol–water partition coefficient (Wildman–Crippen LogP) is 4.90. The highest BCUT2D eigenvalue weighted by molar-refractivity contribution is 5.52. The van der Waals surface area contributed by atoms with E-state index in [0.29, 0.717) is 0 Å². The molecule has 1 aliphatic rings. The average molecular weight is 374 g/mol. The zero-order chi connectivity index (χ0) is 19.2. The summed E-state index contributed by atoms with van der Waals surface area (Å²) in [5.41, 5.74) is 5.06. The Balaban J connectivity index is 1.58. The van der Waals surface area contributed by atoms with Gasteiger partial charge in [0, 0.05) is 49.9 Å². The van der Waals surface area contributed by atoms with E-state index < -0.39 is 0 Å². The Labute approximate surface area is 167 Å². The lowest BCUT2D eigenvalue weighted by Crippen LogP contribution is -2.23. The van der Waals surface area contributed by atoms with Gasteiger partial charge in [-0.2, -0.15) is 0 Å². The highest BCUT2D eigenvalue weighted by Gasteiger charge is 2.14. The summed E-state index contributed by atoms with van der Waals surface area (Å²) in [4.78, 5) is 9.06. The van der Waals surface area contributed by atoms with E-state index in [2.05, 4.69) is 63.3 Å².